The predicted molar refractivity (Wildman–Crippen MR) is 58.2 cm³/mol. The molecule has 2 saturated carbocycles. The highest BCUT2D eigenvalue weighted by atomic mass is 15.0. The Balaban J connectivity index is 1.36. The fraction of sp³-hybridized carbons (Fsp3) is 1.00. The first kappa shape index (κ1) is 9.17. The quantitative estimate of drug-likeness (QED) is 0.709. The molecule has 2 heteroatoms. The fourth-order valence-electron chi connectivity index (χ4n) is 3.31. The standard InChI is InChI=1S/C12H22N2/c1-2-9(7-13-3-1)8-14-12-5-10-4-11(10)6-12/h9-14H,1-8H2/t9-,10?,11?,12?/m0/s1. The molecule has 80 valence electrons. The topological polar surface area (TPSA) is 24.1 Å². The second-order valence-corrected chi connectivity index (χ2v) is 5.54. The van der Waals surface area contributed by atoms with Crippen molar-refractivity contribution in [3.05, 3.63) is 0 Å². The molecule has 2 nitrogen and oxygen atoms in total. The molecule has 0 amide bonds. The molecule has 3 rings (SSSR count). The SMILES string of the molecule is C1CNC[C@@H](CNC2CC3CC3C2)C1. The number of piperidine rings is 1. The summed E-state index contributed by atoms with van der Waals surface area (Å²) in [5, 5.41) is 7.26. The molecule has 1 aliphatic heterocycles. The van der Waals surface area contributed by atoms with Gasteiger partial charge in [-0.05, 0) is 69.5 Å². The molecule has 0 radical (unpaired) electrons. The number of fused-ring (bicyclic) bond motifs is 1. The van der Waals surface area contributed by atoms with Gasteiger partial charge in [-0.1, -0.05) is 0 Å². The van der Waals surface area contributed by atoms with Crippen molar-refractivity contribution in [2.75, 3.05) is 19.6 Å². The molecule has 3 aliphatic rings. The predicted octanol–water partition coefficient (Wildman–Crippen LogP) is 1.37. The van der Waals surface area contributed by atoms with Crippen molar-refractivity contribution in [3.63, 3.8) is 0 Å². The summed E-state index contributed by atoms with van der Waals surface area (Å²) in [5.74, 6) is 3.15. The third-order valence-electron chi connectivity index (χ3n) is 4.34. The van der Waals surface area contributed by atoms with E-state index >= 15 is 0 Å². The first-order valence-corrected chi connectivity index (χ1v) is 6.36. The van der Waals surface area contributed by atoms with Gasteiger partial charge in [0.25, 0.3) is 0 Å². The molecule has 1 heterocycles. The van der Waals surface area contributed by atoms with E-state index < -0.39 is 0 Å². The van der Waals surface area contributed by atoms with Crippen LogP contribution in [-0.4, -0.2) is 25.7 Å². The van der Waals surface area contributed by atoms with Crippen molar-refractivity contribution in [1.82, 2.24) is 10.6 Å². The molecule has 1 saturated heterocycles. The van der Waals surface area contributed by atoms with Crippen molar-refractivity contribution in [2.24, 2.45) is 17.8 Å². The normalized spacial score (nSPS) is 46.3. The van der Waals surface area contributed by atoms with Gasteiger partial charge in [0, 0.05) is 6.04 Å². The summed E-state index contributed by atoms with van der Waals surface area (Å²) in [4.78, 5) is 0. The Morgan fingerprint density at radius 2 is 2.00 bits per heavy atom. The fourth-order valence-corrected chi connectivity index (χ4v) is 3.31. The van der Waals surface area contributed by atoms with Crippen LogP contribution in [0.1, 0.15) is 32.1 Å². The lowest BCUT2D eigenvalue weighted by Gasteiger charge is -2.25. The van der Waals surface area contributed by atoms with E-state index in [9.17, 15) is 0 Å². The molecule has 0 spiro atoms. The Hall–Kier alpha value is -0.0800. The third-order valence-corrected chi connectivity index (χ3v) is 4.34. The zero-order chi connectivity index (χ0) is 9.38. The molecule has 2 N–H and O–H groups in total. The van der Waals surface area contributed by atoms with Crippen LogP contribution in [0.5, 0.6) is 0 Å². The summed E-state index contributed by atoms with van der Waals surface area (Å²) in [7, 11) is 0. The molecule has 3 atom stereocenters. The van der Waals surface area contributed by atoms with Crippen molar-refractivity contribution in [2.45, 2.75) is 38.1 Å². The summed E-state index contributed by atoms with van der Waals surface area (Å²) < 4.78 is 0. The van der Waals surface area contributed by atoms with E-state index in [0.717, 1.165) is 23.8 Å². The van der Waals surface area contributed by atoms with E-state index in [1.54, 1.807) is 6.42 Å². The molecule has 0 aromatic rings. The maximum Gasteiger partial charge on any atom is 0.00726 e. The zero-order valence-electron chi connectivity index (χ0n) is 8.97. The summed E-state index contributed by atoms with van der Waals surface area (Å²) >= 11 is 0. The Bertz CT molecular complexity index is 186. The van der Waals surface area contributed by atoms with Gasteiger partial charge in [0.15, 0.2) is 0 Å². The van der Waals surface area contributed by atoms with Crippen LogP contribution < -0.4 is 10.6 Å². The van der Waals surface area contributed by atoms with E-state index in [1.165, 1.54) is 45.3 Å². The van der Waals surface area contributed by atoms with E-state index in [2.05, 4.69) is 10.6 Å². The van der Waals surface area contributed by atoms with Crippen LogP contribution in [0.4, 0.5) is 0 Å². The van der Waals surface area contributed by atoms with Gasteiger partial charge in [-0.25, -0.2) is 0 Å². The minimum Gasteiger partial charge on any atom is -0.316 e. The summed E-state index contributed by atoms with van der Waals surface area (Å²) in [6.07, 6.45) is 7.31. The molecular weight excluding hydrogens is 172 g/mol. The Morgan fingerprint density at radius 1 is 1.14 bits per heavy atom. The van der Waals surface area contributed by atoms with Gasteiger partial charge in [-0.2, -0.15) is 0 Å². The highest BCUT2D eigenvalue weighted by Crippen LogP contribution is 2.51. The van der Waals surface area contributed by atoms with E-state index in [1.807, 2.05) is 0 Å². The highest BCUT2D eigenvalue weighted by Gasteiger charge is 2.45. The van der Waals surface area contributed by atoms with Gasteiger partial charge in [-0.3, -0.25) is 0 Å². The maximum absolute atomic E-state index is 3.77. The molecule has 2 aliphatic carbocycles. The van der Waals surface area contributed by atoms with Crippen molar-refractivity contribution < 1.29 is 0 Å². The average Bonchev–Trinajstić information content (AvgIpc) is 2.85. The zero-order valence-corrected chi connectivity index (χ0v) is 8.97. The monoisotopic (exact) mass is 194 g/mol. The molecular formula is C12H22N2. The Labute approximate surface area is 86.8 Å². The molecule has 3 fully saturated rings. The molecule has 0 aromatic carbocycles. The number of nitrogens with one attached hydrogen (secondary N) is 2. The minimum atomic E-state index is 0.876. The molecule has 0 aromatic heterocycles. The van der Waals surface area contributed by atoms with Crippen LogP contribution in [0.2, 0.25) is 0 Å². The van der Waals surface area contributed by atoms with Gasteiger partial charge in [0.1, 0.15) is 0 Å². The summed E-state index contributed by atoms with van der Waals surface area (Å²) in [6.45, 7) is 3.74. The van der Waals surface area contributed by atoms with E-state index in [-0.39, 0.29) is 0 Å². The largest absolute Gasteiger partial charge is 0.316 e. The third kappa shape index (κ3) is 1.96. The van der Waals surface area contributed by atoms with Gasteiger partial charge >= 0.3 is 0 Å². The van der Waals surface area contributed by atoms with Gasteiger partial charge < -0.3 is 10.6 Å². The van der Waals surface area contributed by atoms with Crippen LogP contribution in [-0.2, 0) is 0 Å². The molecule has 0 bridgehead atoms. The number of hydrogen-bond donors (Lipinski definition) is 2. The number of rotatable bonds is 3. The summed E-state index contributed by atoms with van der Waals surface area (Å²) in [5.41, 5.74) is 0. The highest BCUT2D eigenvalue weighted by molar-refractivity contribution is 4.98. The molecule has 14 heavy (non-hydrogen) atoms. The van der Waals surface area contributed by atoms with Crippen LogP contribution in [0.15, 0.2) is 0 Å². The first-order chi connectivity index (χ1) is 6.92. The van der Waals surface area contributed by atoms with Crippen LogP contribution >= 0.6 is 0 Å². The molecule has 2 unspecified atom stereocenters. The number of hydrogen-bond acceptors (Lipinski definition) is 2. The van der Waals surface area contributed by atoms with Gasteiger partial charge in [0.2, 0.25) is 0 Å². The van der Waals surface area contributed by atoms with Crippen LogP contribution in [0, 0.1) is 17.8 Å². The van der Waals surface area contributed by atoms with Crippen LogP contribution in [0.25, 0.3) is 0 Å². The second-order valence-electron chi connectivity index (χ2n) is 5.54. The van der Waals surface area contributed by atoms with E-state index in [0.29, 0.717) is 0 Å². The Kier molecular flexibility index (Phi) is 2.50. The minimum absolute atomic E-state index is 0.876. The van der Waals surface area contributed by atoms with Crippen molar-refractivity contribution >= 4 is 0 Å². The van der Waals surface area contributed by atoms with Crippen LogP contribution in [0.3, 0.4) is 0 Å². The second kappa shape index (κ2) is 3.82. The smallest absolute Gasteiger partial charge is 0.00726 e. The van der Waals surface area contributed by atoms with Gasteiger partial charge in [0.05, 0.1) is 0 Å². The summed E-state index contributed by atoms with van der Waals surface area (Å²) in [6, 6.07) is 0.876. The van der Waals surface area contributed by atoms with Gasteiger partial charge in [-0.15, -0.1) is 0 Å². The first-order valence-electron chi connectivity index (χ1n) is 6.36. The van der Waals surface area contributed by atoms with E-state index in [4.69, 9.17) is 0 Å². The lowest BCUT2D eigenvalue weighted by Crippen LogP contribution is -2.39. The maximum atomic E-state index is 3.77. The van der Waals surface area contributed by atoms with Crippen molar-refractivity contribution in [1.29, 1.82) is 0 Å². The lowest BCUT2D eigenvalue weighted by molar-refractivity contribution is 0.337. The van der Waals surface area contributed by atoms with Crippen molar-refractivity contribution in [3.8, 4) is 0 Å². The average molecular weight is 194 g/mol. The Morgan fingerprint density at radius 3 is 2.71 bits per heavy atom. The lowest BCUT2D eigenvalue weighted by atomic mass is 9.99.